The Morgan fingerprint density at radius 1 is 0.739 bits per heavy atom. The van der Waals surface area contributed by atoms with Crippen molar-refractivity contribution < 1.29 is 15.0 Å². The van der Waals surface area contributed by atoms with Crippen LogP contribution in [0.1, 0.15) is 58.3 Å². The van der Waals surface area contributed by atoms with Gasteiger partial charge in [0.05, 0.1) is 5.76 Å². The van der Waals surface area contributed by atoms with E-state index >= 15 is 0 Å². The lowest BCUT2D eigenvalue weighted by molar-refractivity contribution is -0.131. The summed E-state index contributed by atoms with van der Waals surface area (Å²) in [6, 6.07) is 0. The van der Waals surface area contributed by atoms with Gasteiger partial charge in [-0.1, -0.05) is 88.0 Å². The lowest BCUT2D eigenvalue weighted by Gasteiger charge is -2.00. The Morgan fingerprint density at radius 3 is 1.87 bits per heavy atom. The van der Waals surface area contributed by atoms with E-state index in [1.54, 1.807) is 30.4 Å². The molecule has 0 spiro atoms. The minimum absolute atomic E-state index is 0.420. The molecule has 0 aromatic carbocycles. The monoisotopic (exact) mass is 318 g/mol. The standard InChI is InChI=1S/C20H30O3/c1-2-3-4-5-7-10-13-16-19(21)17-14-11-8-6-9-12-15-18-20(22)23/h6,8-9,11-12,14-15,17-18,21H,2-5,7,10,13,16H2,1H3,(H,22,23). The maximum absolute atomic E-state index is 10.2. The number of rotatable bonds is 13. The summed E-state index contributed by atoms with van der Waals surface area (Å²) in [4.78, 5) is 10.2. The van der Waals surface area contributed by atoms with E-state index in [4.69, 9.17) is 5.11 Å². The summed E-state index contributed by atoms with van der Waals surface area (Å²) >= 11 is 0. The summed E-state index contributed by atoms with van der Waals surface area (Å²) in [7, 11) is 0. The van der Waals surface area contributed by atoms with Crippen LogP contribution in [-0.4, -0.2) is 16.2 Å². The number of aliphatic carboxylic acids is 1. The van der Waals surface area contributed by atoms with Gasteiger partial charge in [0.2, 0.25) is 0 Å². The van der Waals surface area contributed by atoms with Crippen molar-refractivity contribution in [2.24, 2.45) is 0 Å². The van der Waals surface area contributed by atoms with E-state index in [1.807, 2.05) is 12.2 Å². The van der Waals surface area contributed by atoms with Gasteiger partial charge >= 0.3 is 5.97 Å². The van der Waals surface area contributed by atoms with E-state index in [-0.39, 0.29) is 0 Å². The number of unbranched alkanes of at least 4 members (excludes halogenated alkanes) is 6. The van der Waals surface area contributed by atoms with Crippen LogP contribution < -0.4 is 0 Å². The van der Waals surface area contributed by atoms with Crippen molar-refractivity contribution in [3.8, 4) is 0 Å². The van der Waals surface area contributed by atoms with Crippen LogP contribution in [0, 0.1) is 0 Å². The van der Waals surface area contributed by atoms with Gasteiger partial charge in [0.1, 0.15) is 0 Å². The van der Waals surface area contributed by atoms with Crippen LogP contribution in [0.25, 0.3) is 0 Å². The Kier molecular flexibility index (Phi) is 14.9. The first-order chi connectivity index (χ1) is 11.2. The van der Waals surface area contributed by atoms with E-state index < -0.39 is 5.97 Å². The summed E-state index contributed by atoms with van der Waals surface area (Å²) in [6.45, 7) is 2.22. The van der Waals surface area contributed by atoms with Crippen LogP contribution in [0.3, 0.4) is 0 Å². The van der Waals surface area contributed by atoms with Crippen molar-refractivity contribution in [2.45, 2.75) is 58.3 Å². The molecule has 3 heteroatoms. The van der Waals surface area contributed by atoms with Gasteiger partial charge < -0.3 is 10.2 Å². The van der Waals surface area contributed by atoms with E-state index in [2.05, 4.69) is 6.92 Å². The lowest BCUT2D eigenvalue weighted by atomic mass is 10.1. The first kappa shape index (κ1) is 21.0. The minimum atomic E-state index is -0.958. The van der Waals surface area contributed by atoms with E-state index in [9.17, 15) is 9.90 Å². The smallest absolute Gasteiger partial charge is 0.328 e. The molecule has 0 radical (unpaired) electrons. The van der Waals surface area contributed by atoms with Gasteiger partial charge in [-0.3, -0.25) is 0 Å². The highest BCUT2D eigenvalue weighted by molar-refractivity contribution is 5.80. The van der Waals surface area contributed by atoms with Crippen molar-refractivity contribution in [2.75, 3.05) is 0 Å². The van der Waals surface area contributed by atoms with Gasteiger partial charge in [0.15, 0.2) is 0 Å². The zero-order chi connectivity index (χ0) is 17.2. The number of carboxylic acid groups (broad SMARTS) is 1. The average molecular weight is 318 g/mol. The maximum Gasteiger partial charge on any atom is 0.328 e. The molecule has 23 heavy (non-hydrogen) atoms. The highest BCUT2D eigenvalue weighted by Crippen LogP contribution is 2.11. The zero-order valence-corrected chi connectivity index (χ0v) is 14.2. The molecule has 0 aromatic heterocycles. The molecule has 0 aliphatic heterocycles. The number of carboxylic acids is 1. The van der Waals surface area contributed by atoms with Crippen LogP contribution >= 0.6 is 0 Å². The van der Waals surface area contributed by atoms with Crippen molar-refractivity contribution in [1.82, 2.24) is 0 Å². The molecule has 0 aliphatic rings. The fraction of sp³-hybridized carbons (Fsp3) is 0.450. The fourth-order valence-corrected chi connectivity index (χ4v) is 1.97. The normalized spacial score (nSPS) is 13.2. The number of aliphatic hydroxyl groups is 1. The van der Waals surface area contributed by atoms with Gasteiger partial charge in [-0.15, -0.1) is 0 Å². The fourth-order valence-electron chi connectivity index (χ4n) is 1.97. The van der Waals surface area contributed by atoms with Crippen LogP contribution in [0.2, 0.25) is 0 Å². The Morgan fingerprint density at radius 2 is 1.26 bits per heavy atom. The van der Waals surface area contributed by atoms with E-state index in [0.29, 0.717) is 5.76 Å². The molecule has 3 nitrogen and oxygen atoms in total. The molecule has 0 amide bonds. The molecule has 0 aliphatic carbocycles. The molecule has 0 atom stereocenters. The van der Waals surface area contributed by atoms with Crippen molar-refractivity contribution in [3.63, 3.8) is 0 Å². The summed E-state index contributed by atoms with van der Waals surface area (Å²) in [5.74, 6) is -0.539. The Hall–Kier alpha value is -2.03. The van der Waals surface area contributed by atoms with E-state index in [0.717, 1.165) is 18.9 Å². The van der Waals surface area contributed by atoms with Crippen molar-refractivity contribution in [3.05, 3.63) is 60.4 Å². The summed E-state index contributed by atoms with van der Waals surface area (Å²) in [5.41, 5.74) is 0. The average Bonchev–Trinajstić information content (AvgIpc) is 2.52. The second kappa shape index (κ2) is 16.3. The number of allylic oxidation sites excluding steroid dienone is 9. The summed E-state index contributed by atoms with van der Waals surface area (Å²) in [5, 5.41) is 18.1. The molecular weight excluding hydrogens is 288 g/mol. The van der Waals surface area contributed by atoms with Crippen molar-refractivity contribution >= 4 is 5.97 Å². The number of hydrogen-bond donors (Lipinski definition) is 2. The van der Waals surface area contributed by atoms with Gasteiger partial charge in [0.25, 0.3) is 0 Å². The van der Waals surface area contributed by atoms with Crippen LogP contribution in [0.15, 0.2) is 60.4 Å². The Bertz CT molecular complexity index is 440. The first-order valence-electron chi connectivity index (χ1n) is 8.46. The second-order valence-corrected chi connectivity index (χ2v) is 5.38. The molecule has 0 saturated heterocycles. The molecule has 0 fully saturated rings. The number of hydrogen-bond acceptors (Lipinski definition) is 2. The second-order valence-electron chi connectivity index (χ2n) is 5.38. The molecule has 0 aromatic rings. The third kappa shape index (κ3) is 17.9. The zero-order valence-electron chi connectivity index (χ0n) is 14.2. The SMILES string of the molecule is CCCCCCCCCC(O)=CC=CC=CC=CC=CC(=O)O. The largest absolute Gasteiger partial charge is 0.512 e. The molecule has 2 N–H and O–H groups in total. The Balaban J connectivity index is 3.73. The molecule has 0 rings (SSSR count). The third-order valence-corrected chi connectivity index (χ3v) is 3.23. The molecule has 128 valence electrons. The van der Waals surface area contributed by atoms with Gasteiger partial charge in [-0.25, -0.2) is 4.79 Å². The predicted octanol–water partition coefficient (Wildman–Crippen LogP) is 5.88. The highest BCUT2D eigenvalue weighted by atomic mass is 16.4. The van der Waals surface area contributed by atoms with E-state index in [1.165, 1.54) is 44.6 Å². The summed E-state index contributed by atoms with van der Waals surface area (Å²) < 4.78 is 0. The van der Waals surface area contributed by atoms with Gasteiger partial charge in [-0.2, -0.15) is 0 Å². The first-order valence-corrected chi connectivity index (χ1v) is 8.46. The molecule has 0 saturated carbocycles. The van der Waals surface area contributed by atoms with Crippen molar-refractivity contribution in [1.29, 1.82) is 0 Å². The van der Waals surface area contributed by atoms with Crippen LogP contribution in [0.4, 0.5) is 0 Å². The molecule has 0 heterocycles. The third-order valence-electron chi connectivity index (χ3n) is 3.23. The maximum atomic E-state index is 10.2. The number of aliphatic hydroxyl groups excluding tert-OH is 1. The molecule has 0 unspecified atom stereocenters. The quantitative estimate of drug-likeness (QED) is 0.193. The summed E-state index contributed by atoms with van der Waals surface area (Å²) in [6.07, 6.45) is 24.3. The topological polar surface area (TPSA) is 57.5 Å². The highest BCUT2D eigenvalue weighted by Gasteiger charge is 1.93. The van der Waals surface area contributed by atoms with Crippen LogP contribution in [-0.2, 0) is 4.79 Å². The molecular formula is C20H30O3. The molecule has 0 bridgehead atoms. The number of carbonyl (C=O) groups is 1. The van der Waals surface area contributed by atoms with Crippen LogP contribution in [0.5, 0.6) is 0 Å². The van der Waals surface area contributed by atoms with Gasteiger partial charge in [0, 0.05) is 12.5 Å². The minimum Gasteiger partial charge on any atom is -0.512 e. The van der Waals surface area contributed by atoms with Gasteiger partial charge in [-0.05, 0) is 12.5 Å². The Labute approximate surface area is 140 Å². The lowest BCUT2D eigenvalue weighted by Crippen LogP contribution is -1.84. The predicted molar refractivity (Wildman–Crippen MR) is 97.5 cm³/mol.